The monoisotopic (exact) mass is 215 g/mol. The fourth-order valence-corrected chi connectivity index (χ4v) is 0.906. The van der Waals surface area contributed by atoms with Crippen LogP contribution in [0.1, 0.15) is 18.4 Å². The summed E-state index contributed by atoms with van der Waals surface area (Å²) in [4.78, 5) is 17.8. The molecular formula is C9H14NO3P. The number of hydrogen-bond acceptors (Lipinski definition) is 2. The first kappa shape index (κ1) is 12.9. The van der Waals surface area contributed by atoms with Crippen LogP contribution in [0.3, 0.4) is 0 Å². The van der Waals surface area contributed by atoms with Crippen LogP contribution in [0.5, 0.6) is 0 Å². The van der Waals surface area contributed by atoms with Crippen LogP contribution in [-0.2, 0) is 9.36 Å². The summed E-state index contributed by atoms with van der Waals surface area (Å²) in [7, 11) is -1.50. The van der Waals surface area contributed by atoms with Crippen LogP contribution in [0.15, 0.2) is 30.3 Å². The second-order valence-corrected chi connectivity index (χ2v) is 2.85. The summed E-state index contributed by atoms with van der Waals surface area (Å²) in [6, 6.07) is 9.51. The number of benzene rings is 1. The lowest BCUT2D eigenvalue weighted by atomic mass is 10.0. The van der Waals surface area contributed by atoms with Gasteiger partial charge in [0.2, 0.25) is 5.91 Å². The van der Waals surface area contributed by atoms with E-state index in [1.807, 2.05) is 30.3 Å². The van der Waals surface area contributed by atoms with Crippen molar-refractivity contribution in [2.75, 3.05) is 0 Å². The third-order valence-electron chi connectivity index (χ3n) is 1.73. The summed E-state index contributed by atoms with van der Waals surface area (Å²) >= 11 is 0. The van der Waals surface area contributed by atoms with E-state index in [0.717, 1.165) is 5.56 Å². The number of carbonyl (C=O) groups is 1. The van der Waals surface area contributed by atoms with E-state index < -0.39 is 8.69 Å². The van der Waals surface area contributed by atoms with Gasteiger partial charge in [0, 0.05) is 0 Å². The molecule has 78 valence electrons. The van der Waals surface area contributed by atoms with Crippen molar-refractivity contribution in [3.05, 3.63) is 35.9 Å². The molecule has 14 heavy (non-hydrogen) atoms. The van der Waals surface area contributed by atoms with Crippen LogP contribution in [-0.4, -0.2) is 10.8 Å². The number of hydrogen-bond donors (Lipinski definition) is 2. The van der Waals surface area contributed by atoms with Gasteiger partial charge in [-0.15, -0.1) is 0 Å². The summed E-state index contributed by atoms with van der Waals surface area (Å²) in [5.74, 6) is -0.465. The molecule has 0 heterocycles. The smallest absolute Gasteiger partial charge is 0.224 e. The molecule has 1 aromatic rings. The Hall–Kier alpha value is -1.12. The first-order valence-corrected chi connectivity index (χ1v) is 5.04. The van der Waals surface area contributed by atoms with Crippen molar-refractivity contribution in [2.45, 2.75) is 12.8 Å². The van der Waals surface area contributed by atoms with Crippen LogP contribution in [0.4, 0.5) is 0 Å². The topological polar surface area (TPSA) is 80.4 Å². The van der Waals surface area contributed by atoms with Gasteiger partial charge in [0.1, 0.15) is 0 Å². The molecule has 1 rings (SSSR count). The van der Waals surface area contributed by atoms with Crippen molar-refractivity contribution in [1.29, 1.82) is 0 Å². The average molecular weight is 215 g/mol. The summed E-state index contributed by atoms with van der Waals surface area (Å²) in [5.41, 5.74) is 6.10. The minimum Gasteiger partial charge on any atom is -0.369 e. The molecule has 3 N–H and O–H groups in total. The van der Waals surface area contributed by atoms with E-state index in [2.05, 4.69) is 0 Å². The third kappa shape index (κ3) is 4.80. The maximum absolute atomic E-state index is 10.7. The lowest BCUT2D eigenvalue weighted by Gasteiger charge is -2.05. The Bertz CT molecular complexity index is 289. The van der Waals surface area contributed by atoms with E-state index in [1.165, 1.54) is 0 Å². The zero-order chi connectivity index (χ0) is 11.0. The van der Waals surface area contributed by atoms with Gasteiger partial charge < -0.3 is 10.6 Å². The molecule has 1 aromatic carbocycles. The zero-order valence-electron chi connectivity index (χ0n) is 7.88. The molecule has 0 radical (unpaired) electrons. The van der Waals surface area contributed by atoms with Crippen LogP contribution < -0.4 is 5.73 Å². The second kappa shape index (κ2) is 7.30. The summed E-state index contributed by atoms with van der Waals surface area (Å²) < 4.78 is 8.57. The Labute approximate surface area is 84.0 Å². The Balaban J connectivity index is 0.000000500. The molecule has 2 atom stereocenters. The fraction of sp³-hybridized carbons (Fsp3) is 0.222. The van der Waals surface area contributed by atoms with E-state index in [0.29, 0.717) is 0 Å². The van der Waals surface area contributed by atoms with Crippen molar-refractivity contribution in [2.24, 2.45) is 5.73 Å². The normalized spacial score (nSPS) is 11.9. The maximum Gasteiger partial charge on any atom is 0.224 e. The lowest BCUT2D eigenvalue weighted by Crippen LogP contribution is -2.18. The molecule has 0 aliphatic rings. The number of rotatable bonds is 2. The van der Waals surface area contributed by atoms with Crippen molar-refractivity contribution < 1.29 is 14.3 Å². The predicted octanol–water partition coefficient (Wildman–Crippen LogP) is 0.925. The highest BCUT2D eigenvalue weighted by Crippen LogP contribution is 2.12. The summed E-state index contributed by atoms with van der Waals surface area (Å²) in [6.07, 6.45) is 0. The molecular weight excluding hydrogens is 201 g/mol. The van der Waals surface area contributed by atoms with E-state index >= 15 is 0 Å². The summed E-state index contributed by atoms with van der Waals surface area (Å²) in [6.45, 7) is 1.80. The Morgan fingerprint density at radius 2 is 1.86 bits per heavy atom. The molecule has 5 heteroatoms. The van der Waals surface area contributed by atoms with E-state index in [4.69, 9.17) is 15.2 Å². The molecule has 0 saturated carbocycles. The number of nitrogens with two attached hydrogens (primary N) is 1. The van der Waals surface area contributed by atoms with Crippen LogP contribution in [0, 0.1) is 0 Å². The van der Waals surface area contributed by atoms with E-state index in [-0.39, 0.29) is 11.8 Å². The quantitative estimate of drug-likeness (QED) is 0.720. The minimum atomic E-state index is -1.50. The van der Waals surface area contributed by atoms with Crippen molar-refractivity contribution in [3.63, 3.8) is 0 Å². The van der Waals surface area contributed by atoms with E-state index in [1.54, 1.807) is 6.92 Å². The average Bonchev–Trinajstić information content (AvgIpc) is 2.19. The number of amides is 1. The van der Waals surface area contributed by atoms with Gasteiger partial charge in [-0.1, -0.05) is 30.3 Å². The predicted molar refractivity (Wildman–Crippen MR) is 56.7 cm³/mol. The van der Waals surface area contributed by atoms with Crippen LogP contribution in [0.2, 0.25) is 0 Å². The largest absolute Gasteiger partial charge is 0.369 e. The van der Waals surface area contributed by atoms with Gasteiger partial charge in [-0.3, -0.25) is 9.36 Å². The molecule has 0 saturated heterocycles. The first-order valence-electron chi connectivity index (χ1n) is 4.05. The first-order chi connectivity index (χ1) is 6.63. The van der Waals surface area contributed by atoms with Crippen LogP contribution in [0.25, 0.3) is 0 Å². The van der Waals surface area contributed by atoms with Gasteiger partial charge in [0.15, 0.2) is 8.69 Å². The molecule has 0 aromatic heterocycles. The Morgan fingerprint density at radius 1 is 1.43 bits per heavy atom. The van der Waals surface area contributed by atoms with Gasteiger partial charge >= 0.3 is 0 Å². The standard InChI is InChI=1S/C9H11NO.H3O2P/c1-7(9(10)11)8-5-3-2-4-6-8;1-3-2/h2-7H,1H3,(H2,10,11);3H2,(H,1,2). The van der Waals surface area contributed by atoms with Crippen molar-refractivity contribution in [3.8, 4) is 0 Å². The molecule has 1 amide bonds. The highest BCUT2D eigenvalue weighted by atomic mass is 31.1. The van der Waals surface area contributed by atoms with Crippen LogP contribution >= 0.6 is 8.69 Å². The third-order valence-corrected chi connectivity index (χ3v) is 1.73. The second-order valence-electron chi connectivity index (χ2n) is 2.64. The summed E-state index contributed by atoms with van der Waals surface area (Å²) in [5, 5.41) is 0. The van der Waals surface area contributed by atoms with Gasteiger partial charge in [0.25, 0.3) is 0 Å². The van der Waals surface area contributed by atoms with Gasteiger partial charge in [-0.25, -0.2) is 0 Å². The number of primary amides is 1. The highest BCUT2D eigenvalue weighted by Gasteiger charge is 2.09. The van der Waals surface area contributed by atoms with Gasteiger partial charge in [-0.05, 0) is 12.5 Å². The number of carbonyl (C=O) groups excluding carboxylic acids is 1. The maximum atomic E-state index is 10.7. The Morgan fingerprint density at radius 3 is 2.21 bits per heavy atom. The van der Waals surface area contributed by atoms with E-state index in [9.17, 15) is 4.79 Å². The highest BCUT2D eigenvalue weighted by molar-refractivity contribution is 7.16. The molecule has 4 nitrogen and oxygen atoms in total. The zero-order valence-corrected chi connectivity index (χ0v) is 9.04. The SMILES string of the molecule is CC(C(N)=O)c1ccccc1.O=[PH2]O. The molecule has 2 unspecified atom stereocenters. The lowest BCUT2D eigenvalue weighted by molar-refractivity contribution is -0.119. The molecule has 0 aliphatic carbocycles. The van der Waals surface area contributed by atoms with Gasteiger partial charge in [-0.2, -0.15) is 0 Å². The molecule has 0 aliphatic heterocycles. The minimum absolute atomic E-state index is 0.184. The van der Waals surface area contributed by atoms with Gasteiger partial charge in [0.05, 0.1) is 5.92 Å². The molecule has 0 fully saturated rings. The Kier molecular flexibility index (Phi) is 6.72. The molecule has 0 spiro atoms. The van der Waals surface area contributed by atoms with Crippen molar-refractivity contribution in [1.82, 2.24) is 0 Å². The molecule has 0 bridgehead atoms. The van der Waals surface area contributed by atoms with Crippen molar-refractivity contribution >= 4 is 14.6 Å². The fourth-order valence-electron chi connectivity index (χ4n) is 0.906.